The van der Waals surface area contributed by atoms with Crippen LogP contribution in [0.4, 0.5) is 0 Å². The Morgan fingerprint density at radius 2 is 2.04 bits per heavy atom. The molecule has 0 unspecified atom stereocenters. The molecule has 0 spiro atoms. The van der Waals surface area contributed by atoms with Gasteiger partial charge in [-0.2, -0.15) is 0 Å². The molecule has 1 aromatic carbocycles. The molecule has 1 N–H and O–H groups in total. The van der Waals surface area contributed by atoms with E-state index >= 15 is 0 Å². The highest BCUT2D eigenvalue weighted by atomic mass is 16.5. The highest BCUT2D eigenvalue weighted by Gasteiger charge is 2.25. The van der Waals surface area contributed by atoms with Crippen LogP contribution in [0.3, 0.4) is 0 Å². The van der Waals surface area contributed by atoms with Crippen molar-refractivity contribution in [3.63, 3.8) is 0 Å². The summed E-state index contributed by atoms with van der Waals surface area (Å²) in [5.41, 5.74) is 2.92. The predicted molar refractivity (Wildman–Crippen MR) is 87.2 cm³/mol. The van der Waals surface area contributed by atoms with Crippen LogP contribution in [-0.2, 0) is 17.8 Å². The molecule has 1 heterocycles. The molecule has 0 radical (unpaired) electrons. The average molecular weight is 311 g/mol. The van der Waals surface area contributed by atoms with Crippen LogP contribution < -0.4 is 10.1 Å². The molecule has 1 saturated carbocycles. The van der Waals surface area contributed by atoms with E-state index in [-0.39, 0.29) is 5.91 Å². The molecule has 0 atom stereocenters. The van der Waals surface area contributed by atoms with Gasteiger partial charge in [0.1, 0.15) is 12.1 Å². The molecular formula is C18H21N3O2. The number of benzene rings is 1. The van der Waals surface area contributed by atoms with Gasteiger partial charge < -0.3 is 10.1 Å². The molecule has 5 nitrogen and oxygen atoms in total. The van der Waals surface area contributed by atoms with Crippen molar-refractivity contribution in [2.75, 3.05) is 6.61 Å². The van der Waals surface area contributed by atoms with E-state index in [4.69, 9.17) is 4.74 Å². The minimum Gasteiger partial charge on any atom is -0.494 e. The van der Waals surface area contributed by atoms with Crippen molar-refractivity contribution in [2.45, 2.75) is 38.6 Å². The fourth-order valence-electron chi connectivity index (χ4n) is 2.42. The predicted octanol–water partition coefficient (Wildman–Crippen LogP) is 2.61. The maximum atomic E-state index is 12.0. The van der Waals surface area contributed by atoms with E-state index in [0.29, 0.717) is 25.5 Å². The average Bonchev–Trinajstić information content (AvgIpc) is 3.40. The zero-order valence-electron chi connectivity index (χ0n) is 13.3. The Hall–Kier alpha value is -2.43. The number of amides is 1. The van der Waals surface area contributed by atoms with Crippen molar-refractivity contribution in [2.24, 2.45) is 0 Å². The van der Waals surface area contributed by atoms with E-state index in [2.05, 4.69) is 15.3 Å². The van der Waals surface area contributed by atoms with Crippen molar-refractivity contribution in [1.29, 1.82) is 0 Å². The lowest BCUT2D eigenvalue weighted by Crippen LogP contribution is -2.25. The summed E-state index contributed by atoms with van der Waals surface area (Å²) in [5, 5.41) is 2.91. The van der Waals surface area contributed by atoms with Gasteiger partial charge in [-0.15, -0.1) is 0 Å². The van der Waals surface area contributed by atoms with Crippen LogP contribution in [0.2, 0.25) is 0 Å². The monoisotopic (exact) mass is 311 g/mol. The molecule has 1 aromatic heterocycles. The first-order chi connectivity index (χ1) is 11.2. The molecule has 23 heavy (non-hydrogen) atoms. The number of nitrogens with zero attached hydrogens (tertiary/aromatic N) is 2. The second kappa shape index (κ2) is 7.22. The number of rotatable bonds is 7. The summed E-state index contributed by atoms with van der Waals surface area (Å²) >= 11 is 0. The van der Waals surface area contributed by atoms with Crippen LogP contribution in [0.5, 0.6) is 5.75 Å². The van der Waals surface area contributed by atoms with E-state index in [0.717, 1.165) is 22.7 Å². The maximum absolute atomic E-state index is 12.0. The Morgan fingerprint density at radius 3 is 2.74 bits per heavy atom. The number of hydrogen-bond acceptors (Lipinski definition) is 4. The van der Waals surface area contributed by atoms with Gasteiger partial charge in [0.05, 0.1) is 25.3 Å². The van der Waals surface area contributed by atoms with E-state index in [1.807, 2.05) is 37.3 Å². The first kappa shape index (κ1) is 15.5. The van der Waals surface area contributed by atoms with Crippen LogP contribution in [-0.4, -0.2) is 22.5 Å². The van der Waals surface area contributed by atoms with Gasteiger partial charge in [0.15, 0.2) is 0 Å². The fourth-order valence-corrected chi connectivity index (χ4v) is 2.42. The Kier molecular flexibility index (Phi) is 4.86. The van der Waals surface area contributed by atoms with Crippen molar-refractivity contribution in [3.8, 4) is 5.75 Å². The van der Waals surface area contributed by atoms with Gasteiger partial charge in [0.25, 0.3) is 0 Å². The van der Waals surface area contributed by atoms with Crippen molar-refractivity contribution in [3.05, 3.63) is 53.6 Å². The highest BCUT2D eigenvalue weighted by molar-refractivity contribution is 5.78. The molecule has 3 rings (SSSR count). The number of carbonyl (C=O) groups excluding carboxylic acids is 1. The summed E-state index contributed by atoms with van der Waals surface area (Å²) in [5.74, 6) is 1.40. The third-order valence-electron chi connectivity index (χ3n) is 3.81. The van der Waals surface area contributed by atoms with Gasteiger partial charge in [0.2, 0.25) is 5.91 Å². The molecule has 1 fully saturated rings. The smallest absolute Gasteiger partial charge is 0.224 e. The highest BCUT2D eigenvalue weighted by Crippen LogP contribution is 2.38. The van der Waals surface area contributed by atoms with Crippen molar-refractivity contribution in [1.82, 2.24) is 15.3 Å². The van der Waals surface area contributed by atoms with Gasteiger partial charge >= 0.3 is 0 Å². The third kappa shape index (κ3) is 4.52. The van der Waals surface area contributed by atoms with Crippen molar-refractivity contribution < 1.29 is 9.53 Å². The minimum absolute atomic E-state index is 0.0132. The fraction of sp³-hybridized carbons (Fsp3) is 0.389. The number of carbonyl (C=O) groups is 1. The van der Waals surface area contributed by atoms with Crippen LogP contribution in [0, 0.1) is 0 Å². The molecule has 0 aliphatic heterocycles. The topological polar surface area (TPSA) is 64.1 Å². The molecular weight excluding hydrogens is 290 g/mol. The second-order valence-electron chi connectivity index (χ2n) is 5.74. The van der Waals surface area contributed by atoms with Gasteiger partial charge in [0, 0.05) is 11.6 Å². The molecule has 1 aliphatic carbocycles. The first-order valence-corrected chi connectivity index (χ1v) is 8.04. The van der Waals surface area contributed by atoms with Crippen LogP contribution in [0.15, 0.2) is 36.7 Å². The summed E-state index contributed by atoms with van der Waals surface area (Å²) in [4.78, 5) is 20.5. The summed E-state index contributed by atoms with van der Waals surface area (Å²) in [6.45, 7) is 3.03. The zero-order chi connectivity index (χ0) is 16.1. The lowest BCUT2D eigenvalue weighted by atomic mass is 10.1. The molecule has 5 heteroatoms. The number of aromatic nitrogens is 2. The second-order valence-corrected chi connectivity index (χ2v) is 5.74. The lowest BCUT2D eigenvalue weighted by molar-refractivity contribution is -0.120. The van der Waals surface area contributed by atoms with Crippen LogP contribution >= 0.6 is 0 Å². The normalized spacial score (nSPS) is 13.6. The van der Waals surface area contributed by atoms with Crippen LogP contribution in [0.1, 0.15) is 42.6 Å². The zero-order valence-corrected chi connectivity index (χ0v) is 13.3. The van der Waals surface area contributed by atoms with Gasteiger partial charge in [-0.05, 0) is 43.5 Å². The summed E-state index contributed by atoms with van der Waals surface area (Å²) < 4.78 is 5.39. The molecule has 120 valence electrons. The molecule has 0 bridgehead atoms. The molecule has 0 saturated heterocycles. The Labute approximate surface area is 136 Å². The molecule has 1 aliphatic rings. The Morgan fingerprint density at radius 1 is 1.26 bits per heavy atom. The quantitative estimate of drug-likeness (QED) is 0.853. The maximum Gasteiger partial charge on any atom is 0.224 e. The summed E-state index contributed by atoms with van der Waals surface area (Å²) in [6.07, 6.45) is 4.36. The van der Waals surface area contributed by atoms with Crippen LogP contribution in [0.25, 0.3) is 0 Å². The van der Waals surface area contributed by atoms with Gasteiger partial charge in [-0.25, -0.2) is 9.97 Å². The van der Waals surface area contributed by atoms with Gasteiger partial charge in [-0.3, -0.25) is 4.79 Å². The van der Waals surface area contributed by atoms with E-state index in [9.17, 15) is 4.79 Å². The Bertz CT molecular complexity index is 666. The third-order valence-corrected chi connectivity index (χ3v) is 3.81. The van der Waals surface area contributed by atoms with Gasteiger partial charge in [-0.1, -0.05) is 12.1 Å². The Balaban J connectivity index is 1.50. The van der Waals surface area contributed by atoms with E-state index in [1.165, 1.54) is 12.8 Å². The number of hydrogen-bond donors (Lipinski definition) is 1. The molecule has 1 amide bonds. The molecule has 2 aromatic rings. The van der Waals surface area contributed by atoms with E-state index in [1.54, 1.807) is 6.33 Å². The number of ether oxygens (including phenoxy) is 1. The minimum atomic E-state index is -0.0132. The van der Waals surface area contributed by atoms with Crippen molar-refractivity contribution >= 4 is 5.91 Å². The standard InChI is InChI=1S/C18H21N3O2/c1-2-23-16-7-3-13(4-8-16)9-18(22)19-11-15-10-17(14-5-6-14)21-12-20-15/h3-4,7-8,10,12,14H,2,5-6,9,11H2,1H3,(H,19,22). The largest absolute Gasteiger partial charge is 0.494 e. The number of nitrogens with one attached hydrogen (secondary N) is 1. The first-order valence-electron chi connectivity index (χ1n) is 8.04. The SMILES string of the molecule is CCOc1ccc(CC(=O)NCc2cc(C3CC3)ncn2)cc1. The van der Waals surface area contributed by atoms with E-state index < -0.39 is 0 Å². The lowest BCUT2D eigenvalue weighted by Gasteiger charge is -2.07. The summed E-state index contributed by atoms with van der Waals surface area (Å²) in [7, 11) is 0. The summed E-state index contributed by atoms with van der Waals surface area (Å²) in [6, 6.07) is 9.60.